The van der Waals surface area contributed by atoms with Crippen molar-refractivity contribution in [2.45, 2.75) is 63.2 Å². The second-order valence-corrected chi connectivity index (χ2v) is 7.85. The van der Waals surface area contributed by atoms with Crippen LogP contribution in [0.2, 0.25) is 4.34 Å². The Kier molecular flexibility index (Phi) is 4.53. The number of nitrogens with one attached hydrogen (secondary N) is 1. The SMILES string of the molecule is FC(F)(F)C1CCCCC1NC1CCCc2sc(Cl)cc21. The summed E-state index contributed by atoms with van der Waals surface area (Å²) in [6.07, 6.45) is 1.27. The predicted octanol–water partition coefficient (Wildman–Crippen LogP) is 5.49. The Labute approximate surface area is 131 Å². The average molecular weight is 338 g/mol. The van der Waals surface area contributed by atoms with E-state index >= 15 is 0 Å². The first-order valence-electron chi connectivity index (χ1n) is 7.56. The molecule has 0 spiro atoms. The topological polar surface area (TPSA) is 12.0 Å². The molecule has 0 saturated heterocycles. The normalized spacial score (nSPS) is 30.2. The van der Waals surface area contributed by atoms with Gasteiger partial charge in [-0.1, -0.05) is 24.4 Å². The van der Waals surface area contributed by atoms with Crippen LogP contribution in [0.15, 0.2) is 6.07 Å². The maximum atomic E-state index is 13.2. The summed E-state index contributed by atoms with van der Waals surface area (Å²) in [5.41, 5.74) is 1.13. The first-order chi connectivity index (χ1) is 9.95. The number of hydrogen-bond donors (Lipinski definition) is 1. The van der Waals surface area contributed by atoms with Crippen LogP contribution in [0, 0.1) is 5.92 Å². The van der Waals surface area contributed by atoms with E-state index in [1.165, 1.54) is 4.88 Å². The van der Waals surface area contributed by atoms with Gasteiger partial charge in [0.25, 0.3) is 0 Å². The van der Waals surface area contributed by atoms with Crippen molar-refractivity contribution in [1.29, 1.82) is 0 Å². The van der Waals surface area contributed by atoms with E-state index in [4.69, 9.17) is 11.6 Å². The molecule has 1 heterocycles. The molecule has 1 aromatic rings. The highest BCUT2D eigenvalue weighted by atomic mass is 35.5. The summed E-state index contributed by atoms with van der Waals surface area (Å²) in [6, 6.07) is 1.52. The van der Waals surface area contributed by atoms with E-state index < -0.39 is 18.1 Å². The Morgan fingerprint density at radius 1 is 1.14 bits per heavy atom. The van der Waals surface area contributed by atoms with Crippen LogP contribution in [0.1, 0.15) is 55.0 Å². The zero-order valence-electron chi connectivity index (χ0n) is 11.7. The third-order valence-electron chi connectivity index (χ3n) is 4.69. The van der Waals surface area contributed by atoms with E-state index in [2.05, 4.69) is 5.32 Å². The van der Waals surface area contributed by atoms with Crippen LogP contribution in [0.4, 0.5) is 13.2 Å². The molecule has 2 aliphatic carbocycles. The van der Waals surface area contributed by atoms with E-state index in [0.29, 0.717) is 12.8 Å². The highest BCUT2D eigenvalue weighted by molar-refractivity contribution is 7.16. The fourth-order valence-corrected chi connectivity index (χ4v) is 5.06. The van der Waals surface area contributed by atoms with Gasteiger partial charge in [-0.15, -0.1) is 11.3 Å². The van der Waals surface area contributed by atoms with Gasteiger partial charge >= 0.3 is 6.18 Å². The number of thiophene rings is 1. The van der Waals surface area contributed by atoms with Gasteiger partial charge in [-0.2, -0.15) is 13.2 Å². The third kappa shape index (κ3) is 3.40. The summed E-state index contributed by atoms with van der Waals surface area (Å²) in [7, 11) is 0. The quantitative estimate of drug-likeness (QED) is 0.752. The van der Waals surface area contributed by atoms with E-state index in [0.717, 1.165) is 35.6 Å². The van der Waals surface area contributed by atoms with Gasteiger partial charge in [0.15, 0.2) is 0 Å². The smallest absolute Gasteiger partial charge is 0.307 e. The van der Waals surface area contributed by atoms with Crippen molar-refractivity contribution in [3.8, 4) is 0 Å². The Morgan fingerprint density at radius 2 is 1.90 bits per heavy atom. The highest BCUT2D eigenvalue weighted by Crippen LogP contribution is 2.42. The molecular weight excluding hydrogens is 319 g/mol. The first-order valence-corrected chi connectivity index (χ1v) is 8.75. The van der Waals surface area contributed by atoms with Gasteiger partial charge < -0.3 is 5.32 Å². The van der Waals surface area contributed by atoms with Crippen LogP contribution >= 0.6 is 22.9 Å². The third-order valence-corrected chi connectivity index (χ3v) is 6.03. The fraction of sp³-hybridized carbons (Fsp3) is 0.733. The summed E-state index contributed by atoms with van der Waals surface area (Å²) >= 11 is 7.64. The van der Waals surface area contributed by atoms with E-state index in [9.17, 15) is 13.2 Å². The van der Waals surface area contributed by atoms with E-state index in [1.54, 1.807) is 11.3 Å². The van der Waals surface area contributed by atoms with Gasteiger partial charge in [0.05, 0.1) is 10.3 Å². The largest absolute Gasteiger partial charge is 0.393 e. The molecule has 0 bridgehead atoms. The second kappa shape index (κ2) is 6.09. The fourth-order valence-electron chi connectivity index (χ4n) is 3.68. The molecule has 0 radical (unpaired) electrons. The van der Waals surface area contributed by atoms with Gasteiger partial charge in [0.2, 0.25) is 0 Å². The van der Waals surface area contributed by atoms with Gasteiger partial charge in [0.1, 0.15) is 0 Å². The molecule has 118 valence electrons. The summed E-state index contributed by atoms with van der Waals surface area (Å²) < 4.78 is 40.3. The summed E-state index contributed by atoms with van der Waals surface area (Å²) in [5, 5.41) is 3.31. The highest BCUT2D eigenvalue weighted by Gasteiger charge is 2.46. The monoisotopic (exact) mass is 337 g/mol. The van der Waals surface area contributed by atoms with Crippen molar-refractivity contribution in [3.05, 3.63) is 20.8 Å². The maximum absolute atomic E-state index is 13.2. The molecule has 21 heavy (non-hydrogen) atoms. The van der Waals surface area contributed by atoms with E-state index in [1.807, 2.05) is 6.07 Å². The molecule has 0 aliphatic heterocycles. The molecule has 1 nitrogen and oxygen atoms in total. The zero-order chi connectivity index (χ0) is 15.0. The predicted molar refractivity (Wildman–Crippen MR) is 79.9 cm³/mol. The summed E-state index contributed by atoms with van der Waals surface area (Å²) in [4.78, 5) is 1.24. The number of rotatable bonds is 2. The molecular formula is C15H19ClF3NS. The van der Waals surface area contributed by atoms with Crippen molar-refractivity contribution < 1.29 is 13.2 Å². The lowest BCUT2D eigenvalue weighted by Gasteiger charge is -2.37. The number of alkyl halides is 3. The number of fused-ring (bicyclic) bond motifs is 1. The summed E-state index contributed by atoms with van der Waals surface area (Å²) in [6.45, 7) is 0. The molecule has 0 amide bonds. The van der Waals surface area contributed by atoms with Crippen LogP contribution in [-0.2, 0) is 6.42 Å². The lowest BCUT2D eigenvalue weighted by atomic mass is 9.82. The standard InChI is InChI=1S/C15H19ClF3NS/c16-14-8-9-11(6-3-7-13(9)21-14)20-12-5-2-1-4-10(12)15(17,18)19/h8,10-12,20H,1-7H2. The van der Waals surface area contributed by atoms with Crippen LogP contribution < -0.4 is 5.32 Å². The lowest BCUT2D eigenvalue weighted by Crippen LogP contribution is -2.47. The van der Waals surface area contributed by atoms with Gasteiger partial charge in [0, 0.05) is 17.0 Å². The summed E-state index contributed by atoms with van der Waals surface area (Å²) in [5.74, 6) is -1.20. The van der Waals surface area contributed by atoms with Gasteiger partial charge in [-0.3, -0.25) is 0 Å². The lowest BCUT2D eigenvalue weighted by molar-refractivity contribution is -0.189. The van der Waals surface area contributed by atoms with E-state index in [-0.39, 0.29) is 12.5 Å². The van der Waals surface area contributed by atoms with Crippen LogP contribution in [-0.4, -0.2) is 12.2 Å². The molecule has 6 heteroatoms. The number of halogens is 4. The zero-order valence-corrected chi connectivity index (χ0v) is 13.3. The Balaban J connectivity index is 1.76. The van der Waals surface area contributed by atoms with Gasteiger partial charge in [-0.25, -0.2) is 0 Å². The molecule has 3 atom stereocenters. The minimum absolute atomic E-state index is 0.0328. The molecule has 1 N–H and O–H groups in total. The number of aryl methyl sites for hydroxylation is 1. The van der Waals surface area contributed by atoms with Crippen molar-refractivity contribution >= 4 is 22.9 Å². The van der Waals surface area contributed by atoms with Crippen LogP contribution in [0.5, 0.6) is 0 Å². The Bertz CT molecular complexity index is 500. The molecule has 2 aliphatic rings. The minimum Gasteiger partial charge on any atom is -0.307 e. The Hall–Kier alpha value is -0.260. The van der Waals surface area contributed by atoms with Crippen LogP contribution in [0.25, 0.3) is 0 Å². The van der Waals surface area contributed by atoms with Gasteiger partial charge in [-0.05, 0) is 43.7 Å². The molecule has 1 saturated carbocycles. The van der Waals surface area contributed by atoms with Crippen molar-refractivity contribution in [2.24, 2.45) is 5.92 Å². The maximum Gasteiger partial charge on any atom is 0.393 e. The number of hydrogen-bond acceptors (Lipinski definition) is 2. The Morgan fingerprint density at radius 3 is 2.67 bits per heavy atom. The second-order valence-electron chi connectivity index (χ2n) is 6.08. The minimum atomic E-state index is -4.10. The van der Waals surface area contributed by atoms with Crippen molar-refractivity contribution in [3.63, 3.8) is 0 Å². The molecule has 0 aromatic carbocycles. The molecule has 3 rings (SSSR count). The molecule has 1 aromatic heterocycles. The van der Waals surface area contributed by atoms with Crippen molar-refractivity contribution in [1.82, 2.24) is 5.32 Å². The average Bonchev–Trinajstić information content (AvgIpc) is 2.79. The van der Waals surface area contributed by atoms with Crippen LogP contribution in [0.3, 0.4) is 0 Å². The molecule has 3 unspecified atom stereocenters. The first kappa shape index (κ1) is 15.6. The molecule has 1 fully saturated rings. The van der Waals surface area contributed by atoms with Crippen molar-refractivity contribution in [2.75, 3.05) is 0 Å².